The first-order chi connectivity index (χ1) is 15.5. The minimum Gasteiger partial charge on any atom is -0.354 e. The van der Waals surface area contributed by atoms with E-state index in [9.17, 15) is 9.59 Å². The van der Waals surface area contributed by atoms with E-state index in [2.05, 4.69) is 70.3 Å². The first-order valence-electron chi connectivity index (χ1n) is 12.2. The van der Waals surface area contributed by atoms with Crippen molar-refractivity contribution < 1.29 is 9.59 Å². The van der Waals surface area contributed by atoms with Crippen LogP contribution < -0.4 is 5.32 Å². The van der Waals surface area contributed by atoms with Crippen molar-refractivity contribution in [3.05, 3.63) is 70.8 Å². The number of rotatable bonds is 10. The number of benzene rings is 2. The molecule has 0 aliphatic heterocycles. The third-order valence-corrected chi connectivity index (χ3v) is 5.95. The Morgan fingerprint density at radius 2 is 1.67 bits per heavy atom. The van der Waals surface area contributed by atoms with Gasteiger partial charge in [-0.05, 0) is 47.8 Å². The molecule has 0 saturated heterocycles. The Balaban J connectivity index is 2.18. The van der Waals surface area contributed by atoms with Crippen LogP contribution in [0.25, 0.3) is 0 Å². The quantitative estimate of drug-likeness (QED) is 0.497. The van der Waals surface area contributed by atoms with Gasteiger partial charge in [-0.3, -0.25) is 9.59 Å². The van der Waals surface area contributed by atoms with Crippen molar-refractivity contribution in [2.75, 3.05) is 6.54 Å². The molecule has 33 heavy (non-hydrogen) atoms. The van der Waals surface area contributed by atoms with Gasteiger partial charge in [-0.15, -0.1) is 0 Å². The number of carbonyl (C=O) groups is 2. The smallest absolute Gasteiger partial charge is 0.242 e. The fraction of sp³-hybridized carbons (Fsp3) is 0.517. The highest BCUT2D eigenvalue weighted by Gasteiger charge is 2.28. The standard InChI is InChI=1S/C29H42N2O2/c1-8-26(28(33)30-19-21(2)3)31(20-24-11-9-10-22(4)18-24)27(32)17-14-23-12-15-25(16-13-23)29(5,6)7/h9-13,15-16,18,21,26H,8,14,17,19-20H2,1-7H3,(H,30,33). The molecule has 4 nitrogen and oxygen atoms in total. The summed E-state index contributed by atoms with van der Waals surface area (Å²) < 4.78 is 0. The maximum Gasteiger partial charge on any atom is 0.242 e. The molecule has 2 aromatic carbocycles. The van der Waals surface area contributed by atoms with Crippen LogP contribution in [-0.4, -0.2) is 29.3 Å². The van der Waals surface area contributed by atoms with Gasteiger partial charge in [0, 0.05) is 19.5 Å². The largest absolute Gasteiger partial charge is 0.354 e. The van der Waals surface area contributed by atoms with Gasteiger partial charge in [0.1, 0.15) is 6.04 Å². The Labute approximate surface area is 200 Å². The Morgan fingerprint density at radius 1 is 1.00 bits per heavy atom. The molecule has 0 spiro atoms. The summed E-state index contributed by atoms with van der Waals surface area (Å²) >= 11 is 0. The Hall–Kier alpha value is -2.62. The lowest BCUT2D eigenvalue weighted by Crippen LogP contribution is -2.49. The Bertz CT molecular complexity index is 910. The molecule has 2 aromatic rings. The summed E-state index contributed by atoms with van der Waals surface area (Å²) in [5.74, 6) is 0.313. The van der Waals surface area contributed by atoms with E-state index in [1.165, 1.54) is 5.56 Å². The molecule has 1 atom stereocenters. The molecule has 0 aliphatic rings. The number of nitrogens with one attached hydrogen (secondary N) is 1. The second kappa shape index (κ2) is 12.0. The zero-order chi connectivity index (χ0) is 24.6. The summed E-state index contributed by atoms with van der Waals surface area (Å²) in [5.41, 5.74) is 4.73. The maximum absolute atomic E-state index is 13.4. The zero-order valence-electron chi connectivity index (χ0n) is 21.6. The number of aryl methyl sites for hydroxylation is 2. The molecule has 0 saturated carbocycles. The lowest BCUT2D eigenvalue weighted by Gasteiger charge is -2.31. The third kappa shape index (κ3) is 8.34. The van der Waals surface area contributed by atoms with Crippen molar-refractivity contribution >= 4 is 11.8 Å². The van der Waals surface area contributed by atoms with E-state index in [4.69, 9.17) is 0 Å². The van der Waals surface area contributed by atoms with Crippen LogP contribution in [0.1, 0.15) is 76.6 Å². The molecule has 0 heterocycles. The average Bonchev–Trinajstić information content (AvgIpc) is 2.75. The fourth-order valence-corrected chi connectivity index (χ4v) is 3.92. The molecular weight excluding hydrogens is 408 g/mol. The summed E-state index contributed by atoms with van der Waals surface area (Å²) in [5, 5.41) is 3.03. The molecule has 0 aromatic heterocycles. The first kappa shape index (κ1) is 26.6. The maximum atomic E-state index is 13.4. The van der Waals surface area contributed by atoms with Crippen molar-refractivity contribution in [1.82, 2.24) is 10.2 Å². The van der Waals surface area contributed by atoms with Gasteiger partial charge in [0.25, 0.3) is 0 Å². The fourth-order valence-electron chi connectivity index (χ4n) is 3.92. The molecular formula is C29H42N2O2. The van der Waals surface area contributed by atoms with Gasteiger partial charge < -0.3 is 10.2 Å². The van der Waals surface area contributed by atoms with E-state index in [-0.39, 0.29) is 17.2 Å². The highest BCUT2D eigenvalue weighted by Crippen LogP contribution is 2.23. The molecule has 0 fully saturated rings. The highest BCUT2D eigenvalue weighted by molar-refractivity contribution is 5.87. The summed E-state index contributed by atoms with van der Waals surface area (Å²) in [4.78, 5) is 28.2. The Morgan fingerprint density at radius 3 is 2.21 bits per heavy atom. The summed E-state index contributed by atoms with van der Waals surface area (Å²) in [6.45, 7) is 15.8. The third-order valence-electron chi connectivity index (χ3n) is 5.95. The Kier molecular flexibility index (Phi) is 9.70. The van der Waals surface area contributed by atoms with Gasteiger partial charge in [-0.1, -0.05) is 95.6 Å². The lowest BCUT2D eigenvalue weighted by molar-refractivity contribution is -0.141. The molecule has 0 aliphatic carbocycles. The van der Waals surface area contributed by atoms with Gasteiger partial charge in [0.15, 0.2) is 0 Å². The second-order valence-corrected chi connectivity index (χ2v) is 10.5. The van der Waals surface area contributed by atoms with Gasteiger partial charge in [0.05, 0.1) is 0 Å². The molecule has 0 radical (unpaired) electrons. The molecule has 2 amide bonds. The van der Waals surface area contributed by atoms with Crippen molar-refractivity contribution in [1.29, 1.82) is 0 Å². The van der Waals surface area contributed by atoms with E-state index in [1.54, 1.807) is 4.90 Å². The minimum absolute atomic E-state index is 0.0166. The molecule has 1 N–H and O–H groups in total. The van der Waals surface area contributed by atoms with E-state index < -0.39 is 6.04 Å². The first-order valence-corrected chi connectivity index (χ1v) is 12.2. The van der Waals surface area contributed by atoms with Crippen LogP contribution in [0.4, 0.5) is 0 Å². The SMILES string of the molecule is CCC(C(=O)NCC(C)C)N(Cc1cccc(C)c1)C(=O)CCc1ccc(C(C)(C)C)cc1. The molecule has 2 rings (SSSR count). The summed E-state index contributed by atoms with van der Waals surface area (Å²) in [7, 11) is 0. The van der Waals surface area contributed by atoms with Crippen LogP contribution in [0, 0.1) is 12.8 Å². The molecule has 1 unspecified atom stereocenters. The van der Waals surface area contributed by atoms with Crippen molar-refractivity contribution in [3.63, 3.8) is 0 Å². The average molecular weight is 451 g/mol. The summed E-state index contributed by atoms with van der Waals surface area (Å²) in [6.07, 6.45) is 1.63. The number of carbonyl (C=O) groups excluding carboxylic acids is 2. The van der Waals surface area contributed by atoms with Crippen LogP contribution in [0.3, 0.4) is 0 Å². The predicted molar refractivity (Wildman–Crippen MR) is 137 cm³/mol. The number of nitrogens with zero attached hydrogens (tertiary/aromatic N) is 1. The van der Waals surface area contributed by atoms with E-state index in [0.717, 1.165) is 16.7 Å². The van der Waals surface area contributed by atoms with Crippen LogP contribution in [0.2, 0.25) is 0 Å². The van der Waals surface area contributed by atoms with Gasteiger partial charge in [0.2, 0.25) is 11.8 Å². The van der Waals surface area contributed by atoms with Gasteiger partial charge >= 0.3 is 0 Å². The van der Waals surface area contributed by atoms with Crippen molar-refractivity contribution in [3.8, 4) is 0 Å². The topological polar surface area (TPSA) is 49.4 Å². The van der Waals surface area contributed by atoms with Crippen LogP contribution >= 0.6 is 0 Å². The van der Waals surface area contributed by atoms with E-state index in [1.807, 2.05) is 32.0 Å². The van der Waals surface area contributed by atoms with E-state index >= 15 is 0 Å². The summed E-state index contributed by atoms with van der Waals surface area (Å²) in [6, 6.07) is 16.2. The van der Waals surface area contributed by atoms with Crippen molar-refractivity contribution in [2.45, 2.75) is 85.7 Å². The predicted octanol–water partition coefficient (Wildman–Crippen LogP) is 5.80. The minimum atomic E-state index is -0.472. The number of hydrogen-bond acceptors (Lipinski definition) is 2. The van der Waals surface area contributed by atoms with Gasteiger partial charge in [-0.2, -0.15) is 0 Å². The normalized spacial score (nSPS) is 12.5. The molecule has 0 bridgehead atoms. The van der Waals surface area contributed by atoms with Gasteiger partial charge in [-0.25, -0.2) is 0 Å². The lowest BCUT2D eigenvalue weighted by atomic mass is 9.86. The van der Waals surface area contributed by atoms with Crippen LogP contribution in [0.15, 0.2) is 48.5 Å². The van der Waals surface area contributed by atoms with Crippen LogP contribution in [0.5, 0.6) is 0 Å². The molecule has 180 valence electrons. The highest BCUT2D eigenvalue weighted by atomic mass is 16.2. The van der Waals surface area contributed by atoms with Crippen molar-refractivity contribution in [2.24, 2.45) is 5.92 Å². The second-order valence-electron chi connectivity index (χ2n) is 10.5. The van der Waals surface area contributed by atoms with E-state index in [0.29, 0.717) is 38.3 Å². The monoisotopic (exact) mass is 450 g/mol. The molecule has 4 heteroatoms. The number of hydrogen-bond donors (Lipinski definition) is 1. The van der Waals surface area contributed by atoms with Crippen LogP contribution in [-0.2, 0) is 28.0 Å². The zero-order valence-corrected chi connectivity index (χ0v) is 21.6. The number of amides is 2.